The zero-order chi connectivity index (χ0) is 59.1. The van der Waals surface area contributed by atoms with Crippen LogP contribution in [0.1, 0.15) is 211 Å². The Morgan fingerprint density at radius 1 is 0.366 bits per heavy atom. The van der Waals surface area contributed by atoms with Crippen LogP contribution in [0.3, 0.4) is 0 Å². The highest BCUT2D eigenvalue weighted by atomic mass is 16.5. The molecule has 0 unspecified atom stereocenters. The molecule has 0 saturated carbocycles. The summed E-state index contributed by atoms with van der Waals surface area (Å²) in [6.07, 6.45) is 19.9. The largest absolute Gasteiger partial charge is 0.493 e. The molecule has 444 valence electrons. The summed E-state index contributed by atoms with van der Waals surface area (Å²) in [5.74, 6) is 0.0312. The van der Waals surface area contributed by atoms with Crippen molar-refractivity contribution in [2.24, 2.45) is 0 Å². The van der Waals surface area contributed by atoms with Crippen molar-refractivity contribution in [3.8, 4) is 23.0 Å². The second kappa shape index (κ2) is 36.3. The monoisotopic (exact) mass is 1130 g/mol. The molecule has 1 aliphatic rings. The molecule has 82 heavy (non-hydrogen) atoms. The number of hydrogen-bond donors (Lipinski definition) is 0. The third-order valence-corrected chi connectivity index (χ3v) is 14.1. The lowest BCUT2D eigenvalue weighted by molar-refractivity contribution is -0.147. The lowest BCUT2D eigenvalue weighted by Gasteiger charge is -2.25. The second-order valence-electron chi connectivity index (χ2n) is 21.3. The topological polar surface area (TPSA) is 159 Å². The van der Waals surface area contributed by atoms with Gasteiger partial charge in [0.2, 0.25) is 0 Å². The Morgan fingerprint density at radius 2 is 0.598 bits per heavy atom. The number of ether oxygens (including phenoxy) is 8. The zero-order valence-electron chi connectivity index (χ0n) is 49.8. The molecule has 8 bridgehead atoms. The van der Waals surface area contributed by atoms with Crippen LogP contribution in [0.25, 0.3) is 0 Å². The highest BCUT2D eigenvalue weighted by molar-refractivity contribution is 5.94. The second-order valence-corrected chi connectivity index (χ2v) is 21.3. The molecule has 0 saturated heterocycles. The summed E-state index contributed by atoms with van der Waals surface area (Å²) in [6, 6.07) is 16.1. The number of esters is 4. The first-order valence-corrected chi connectivity index (χ1v) is 30.0. The van der Waals surface area contributed by atoms with E-state index in [2.05, 4.69) is 47.4 Å². The van der Waals surface area contributed by atoms with Gasteiger partial charge >= 0.3 is 23.9 Å². The van der Waals surface area contributed by atoms with E-state index in [9.17, 15) is 24.0 Å². The molecule has 0 N–H and O–H groups in total. The van der Waals surface area contributed by atoms with Gasteiger partial charge in [-0.3, -0.25) is 9.59 Å². The van der Waals surface area contributed by atoms with Gasteiger partial charge in [-0.05, 0) is 148 Å². The number of ketones is 1. The van der Waals surface area contributed by atoms with Gasteiger partial charge in [-0.15, -0.1) is 0 Å². The van der Waals surface area contributed by atoms with Gasteiger partial charge in [-0.2, -0.15) is 0 Å². The maximum Gasteiger partial charge on any atom is 0.330 e. The summed E-state index contributed by atoms with van der Waals surface area (Å²) in [5.41, 5.74) is 9.30. The van der Waals surface area contributed by atoms with Crippen molar-refractivity contribution < 1.29 is 61.9 Å². The third kappa shape index (κ3) is 22.0. The fraction of sp³-hybridized carbons (Fsp3) is 0.493. The minimum atomic E-state index is -0.633. The molecule has 0 aliphatic heterocycles. The van der Waals surface area contributed by atoms with Crippen LogP contribution < -0.4 is 18.9 Å². The fourth-order valence-electron chi connectivity index (χ4n) is 10.1. The van der Waals surface area contributed by atoms with Crippen molar-refractivity contribution in [3.63, 3.8) is 0 Å². The van der Waals surface area contributed by atoms with Crippen LogP contribution in [0.2, 0.25) is 0 Å². The Labute approximate surface area is 488 Å². The van der Waals surface area contributed by atoms with Gasteiger partial charge in [0.15, 0.2) is 0 Å². The maximum absolute atomic E-state index is 13.1. The highest BCUT2D eigenvalue weighted by Crippen LogP contribution is 2.42. The predicted molar refractivity (Wildman–Crippen MR) is 321 cm³/mol. The van der Waals surface area contributed by atoms with E-state index in [1.54, 1.807) is 0 Å². The average molecular weight is 1130 g/mol. The minimum absolute atomic E-state index is 0.0446. The van der Waals surface area contributed by atoms with E-state index in [0.29, 0.717) is 67.8 Å². The summed E-state index contributed by atoms with van der Waals surface area (Å²) in [7, 11) is 0. The van der Waals surface area contributed by atoms with E-state index in [0.717, 1.165) is 182 Å². The molecule has 13 nitrogen and oxygen atoms in total. The number of carbonyl (C=O) groups is 5. The predicted octanol–water partition coefficient (Wildman–Crippen LogP) is 14.9. The normalized spacial score (nSPS) is 11.7. The van der Waals surface area contributed by atoms with Crippen LogP contribution in [0.4, 0.5) is 0 Å². The van der Waals surface area contributed by atoms with Crippen LogP contribution in [-0.2, 0) is 95.0 Å². The van der Waals surface area contributed by atoms with Crippen molar-refractivity contribution in [2.75, 3.05) is 26.4 Å². The first-order chi connectivity index (χ1) is 39.8. The van der Waals surface area contributed by atoms with E-state index in [1.165, 1.54) is 6.92 Å². The Hall–Kier alpha value is -7.15. The molecular weight excluding hydrogens is 1040 g/mol. The zero-order valence-corrected chi connectivity index (χ0v) is 49.8. The van der Waals surface area contributed by atoms with E-state index < -0.39 is 23.9 Å². The van der Waals surface area contributed by atoms with E-state index in [-0.39, 0.29) is 51.5 Å². The number of fused-ring (bicyclic) bond motifs is 8. The van der Waals surface area contributed by atoms with Crippen LogP contribution in [0, 0.1) is 0 Å². The Balaban J connectivity index is 1.96. The van der Waals surface area contributed by atoms with Crippen molar-refractivity contribution in [1.82, 2.24) is 0 Å². The summed E-state index contributed by atoms with van der Waals surface area (Å²) >= 11 is 0. The minimum Gasteiger partial charge on any atom is -0.493 e. The number of unbranched alkanes of at least 4 members (excludes halogenated alkanes) is 12. The van der Waals surface area contributed by atoms with Crippen LogP contribution >= 0.6 is 0 Å². The molecule has 5 rings (SSSR count). The number of Topliss-reactive ketones (excluding diaryl/α,β-unsaturated/α-hetero) is 1. The van der Waals surface area contributed by atoms with Gasteiger partial charge < -0.3 is 37.9 Å². The van der Waals surface area contributed by atoms with Crippen molar-refractivity contribution >= 4 is 29.7 Å². The highest BCUT2D eigenvalue weighted by Gasteiger charge is 2.26. The number of rotatable bonds is 37. The number of benzene rings is 4. The summed E-state index contributed by atoms with van der Waals surface area (Å²) in [4.78, 5) is 63.5. The van der Waals surface area contributed by atoms with Crippen molar-refractivity contribution in [2.45, 2.75) is 196 Å². The number of carbonyl (C=O) groups excluding carboxylic acids is 5. The average Bonchev–Trinajstić information content (AvgIpc) is 2.98. The molecule has 4 aromatic rings. The molecule has 1 aliphatic carbocycles. The van der Waals surface area contributed by atoms with Crippen LogP contribution in [0.15, 0.2) is 86.5 Å². The Morgan fingerprint density at radius 3 is 0.805 bits per heavy atom. The van der Waals surface area contributed by atoms with E-state index >= 15 is 0 Å². The van der Waals surface area contributed by atoms with Gasteiger partial charge in [0.25, 0.3) is 0 Å². The molecule has 4 aromatic carbocycles. The molecule has 0 spiro atoms. The lowest BCUT2D eigenvalue weighted by atomic mass is 9.88. The van der Waals surface area contributed by atoms with Gasteiger partial charge in [0.05, 0.1) is 26.4 Å². The molecular formula is C69H90O13. The molecule has 13 heteroatoms. The molecule has 0 aromatic heterocycles. The van der Waals surface area contributed by atoms with Crippen LogP contribution in [0.5, 0.6) is 23.0 Å². The van der Waals surface area contributed by atoms with Crippen LogP contribution in [-0.4, -0.2) is 56.1 Å². The Bertz CT molecular complexity index is 2630. The first kappa shape index (κ1) is 65.7. The smallest absolute Gasteiger partial charge is 0.330 e. The van der Waals surface area contributed by atoms with E-state index in [4.69, 9.17) is 37.9 Å². The van der Waals surface area contributed by atoms with E-state index in [1.807, 2.05) is 48.5 Å². The SMILES string of the molecule is C=CC(=O)OCc1cc2c(OCCCCCC)c(c1)Cc1cc(COC(=O)C=C)cc(c1OCCCCCC)Cc1cc(COC(=O)CC(C)=O)cc(c1OCCCCCC)Cc1cc(COC(=O)C=C)cc(c1OCCCCCC)C2. The molecule has 0 heterocycles. The maximum atomic E-state index is 13.1. The third-order valence-electron chi connectivity index (χ3n) is 14.1. The van der Waals surface area contributed by atoms with Gasteiger partial charge in [-0.25, -0.2) is 14.4 Å². The summed E-state index contributed by atoms with van der Waals surface area (Å²) < 4.78 is 51.2. The summed E-state index contributed by atoms with van der Waals surface area (Å²) in [5, 5.41) is 0. The quantitative estimate of drug-likeness (QED) is 0.0122. The molecule has 0 radical (unpaired) electrons. The lowest BCUT2D eigenvalue weighted by Crippen LogP contribution is -2.13. The van der Waals surface area contributed by atoms with Gasteiger partial charge in [0, 0.05) is 43.9 Å². The standard InChI is InChI=1S/C69H90O13/c1-9-16-20-24-28-75-66-54-33-50(45-79-62(71)13-5)34-55(66)42-57-36-52(47-81-64(73)15-7)38-59(68(57)77-30-26-22-18-11-3)44-61-40-53(48-82-65(74)32-49(8)70)39-60(69(61)78-31-27-23-19-12-4)43-58-37-51(46-80-63(72)14-6)35-56(41-54)67(58)76-29-25-21-17-10-2/h13-15,33-40H,5-7,9-12,16-32,41-48H2,1-4,8H3. The summed E-state index contributed by atoms with van der Waals surface area (Å²) in [6.45, 7) is 22.5. The van der Waals surface area contributed by atoms with Crippen molar-refractivity contribution in [3.05, 3.63) is 153 Å². The Kier molecular flexibility index (Phi) is 29.1. The molecule has 0 fully saturated rings. The fourth-order valence-corrected chi connectivity index (χ4v) is 10.1. The molecule has 0 atom stereocenters. The number of hydrogen-bond acceptors (Lipinski definition) is 13. The first-order valence-electron chi connectivity index (χ1n) is 30.0. The van der Waals surface area contributed by atoms with Gasteiger partial charge in [0.1, 0.15) is 61.6 Å². The van der Waals surface area contributed by atoms with Gasteiger partial charge in [-0.1, -0.05) is 124 Å². The van der Waals surface area contributed by atoms with Crippen molar-refractivity contribution in [1.29, 1.82) is 0 Å². The molecule has 0 amide bonds.